The summed E-state index contributed by atoms with van der Waals surface area (Å²) in [6.07, 6.45) is 2.14. The number of benzene rings is 1. The Kier molecular flexibility index (Phi) is 4.48. The maximum atomic E-state index is 6.01. The fraction of sp³-hybridized carbons (Fsp3) is 0.500. The third-order valence-corrected chi connectivity index (χ3v) is 3.62. The van der Waals surface area contributed by atoms with Gasteiger partial charge in [-0.2, -0.15) is 0 Å². The van der Waals surface area contributed by atoms with Crippen LogP contribution in [0.3, 0.4) is 0 Å². The molecule has 0 bridgehead atoms. The van der Waals surface area contributed by atoms with Crippen molar-refractivity contribution in [2.75, 3.05) is 26.7 Å². The number of aliphatic imine (C=N–C) groups is 1. The summed E-state index contributed by atoms with van der Waals surface area (Å²) in [4.78, 5) is 6.66. The average molecular weight is 266 g/mol. The van der Waals surface area contributed by atoms with Crippen molar-refractivity contribution in [3.8, 4) is 0 Å². The number of nitrogens with zero attached hydrogens (tertiary/aromatic N) is 2. The second-order valence-electron chi connectivity index (χ2n) is 4.74. The molecule has 0 unspecified atom stereocenters. The largest absolute Gasteiger partial charge is 0.356 e. The SMILES string of the molecule is Cc1cc(CCNC2=NCCCN2C)ccc1Cl. The summed E-state index contributed by atoms with van der Waals surface area (Å²) >= 11 is 6.01. The van der Waals surface area contributed by atoms with Gasteiger partial charge >= 0.3 is 0 Å². The van der Waals surface area contributed by atoms with Gasteiger partial charge in [0, 0.05) is 31.7 Å². The van der Waals surface area contributed by atoms with Crippen LogP contribution in [-0.2, 0) is 6.42 Å². The first-order valence-electron chi connectivity index (χ1n) is 6.41. The molecule has 4 heteroatoms. The van der Waals surface area contributed by atoms with Crippen LogP contribution in [0.2, 0.25) is 5.02 Å². The number of hydrogen-bond acceptors (Lipinski definition) is 3. The van der Waals surface area contributed by atoms with E-state index in [2.05, 4.69) is 34.4 Å². The summed E-state index contributed by atoms with van der Waals surface area (Å²) in [6, 6.07) is 6.20. The van der Waals surface area contributed by atoms with Crippen LogP contribution in [0.1, 0.15) is 17.5 Å². The van der Waals surface area contributed by atoms with E-state index in [9.17, 15) is 0 Å². The maximum absolute atomic E-state index is 6.01. The van der Waals surface area contributed by atoms with Gasteiger partial charge in [-0.05, 0) is 37.0 Å². The minimum absolute atomic E-state index is 0.836. The first kappa shape index (κ1) is 13.2. The molecule has 0 fully saturated rings. The van der Waals surface area contributed by atoms with Crippen LogP contribution < -0.4 is 5.32 Å². The Morgan fingerprint density at radius 1 is 1.44 bits per heavy atom. The molecule has 0 aromatic heterocycles. The lowest BCUT2D eigenvalue weighted by Gasteiger charge is -2.25. The maximum Gasteiger partial charge on any atom is 0.193 e. The van der Waals surface area contributed by atoms with E-state index in [0.29, 0.717) is 0 Å². The topological polar surface area (TPSA) is 27.6 Å². The number of aryl methyl sites for hydroxylation is 1. The van der Waals surface area contributed by atoms with Gasteiger partial charge in [0.05, 0.1) is 0 Å². The third kappa shape index (κ3) is 3.39. The molecule has 0 radical (unpaired) electrons. The molecule has 1 heterocycles. The fourth-order valence-corrected chi connectivity index (χ4v) is 2.21. The molecule has 18 heavy (non-hydrogen) atoms. The Balaban J connectivity index is 1.84. The van der Waals surface area contributed by atoms with Crippen LogP contribution >= 0.6 is 11.6 Å². The third-order valence-electron chi connectivity index (χ3n) is 3.19. The van der Waals surface area contributed by atoms with Crippen LogP contribution in [0, 0.1) is 6.92 Å². The summed E-state index contributed by atoms with van der Waals surface area (Å²) in [7, 11) is 2.08. The van der Waals surface area contributed by atoms with Crippen molar-refractivity contribution in [3.05, 3.63) is 34.3 Å². The summed E-state index contributed by atoms with van der Waals surface area (Å²) in [6.45, 7) is 4.97. The van der Waals surface area contributed by atoms with E-state index in [1.54, 1.807) is 0 Å². The Hall–Kier alpha value is -1.22. The predicted octanol–water partition coefficient (Wildman–Crippen LogP) is 2.47. The summed E-state index contributed by atoms with van der Waals surface area (Å²) in [5, 5.41) is 4.23. The highest BCUT2D eigenvalue weighted by molar-refractivity contribution is 6.31. The molecule has 98 valence electrons. The van der Waals surface area contributed by atoms with Crippen molar-refractivity contribution < 1.29 is 0 Å². The van der Waals surface area contributed by atoms with E-state index < -0.39 is 0 Å². The molecular weight excluding hydrogens is 246 g/mol. The van der Waals surface area contributed by atoms with Gasteiger partial charge in [-0.1, -0.05) is 23.7 Å². The molecule has 1 aliphatic heterocycles. The normalized spacial score (nSPS) is 15.5. The molecule has 1 aromatic carbocycles. The summed E-state index contributed by atoms with van der Waals surface area (Å²) in [5.41, 5.74) is 2.45. The Morgan fingerprint density at radius 3 is 3.00 bits per heavy atom. The minimum atomic E-state index is 0.836. The van der Waals surface area contributed by atoms with Gasteiger partial charge < -0.3 is 10.2 Å². The van der Waals surface area contributed by atoms with Crippen molar-refractivity contribution >= 4 is 17.6 Å². The predicted molar refractivity (Wildman–Crippen MR) is 77.4 cm³/mol. The molecule has 0 saturated carbocycles. The zero-order valence-electron chi connectivity index (χ0n) is 11.0. The number of guanidine groups is 1. The molecule has 0 atom stereocenters. The molecule has 3 nitrogen and oxygen atoms in total. The van der Waals surface area contributed by atoms with Crippen LogP contribution in [-0.4, -0.2) is 37.5 Å². The lowest BCUT2D eigenvalue weighted by molar-refractivity contribution is 0.447. The standard InChI is InChI=1S/C14H20ClN3/c1-11-10-12(4-5-13(11)15)6-8-17-14-16-7-3-9-18(14)2/h4-5,10H,3,6-9H2,1-2H3,(H,16,17). The van der Waals surface area contributed by atoms with Gasteiger partial charge in [0.2, 0.25) is 0 Å². The highest BCUT2D eigenvalue weighted by Crippen LogP contribution is 2.16. The zero-order valence-corrected chi connectivity index (χ0v) is 11.8. The molecule has 1 aromatic rings. The van der Waals surface area contributed by atoms with Crippen molar-refractivity contribution in [1.82, 2.24) is 10.2 Å². The first-order chi connectivity index (χ1) is 8.66. The Morgan fingerprint density at radius 2 is 2.28 bits per heavy atom. The first-order valence-corrected chi connectivity index (χ1v) is 6.79. The Bertz CT molecular complexity index is 443. The number of nitrogens with one attached hydrogen (secondary N) is 1. The molecule has 0 amide bonds. The van der Waals surface area contributed by atoms with E-state index in [0.717, 1.165) is 49.0 Å². The van der Waals surface area contributed by atoms with Gasteiger partial charge in [0.1, 0.15) is 0 Å². The number of rotatable bonds is 3. The van der Waals surface area contributed by atoms with Crippen LogP contribution in [0.25, 0.3) is 0 Å². The van der Waals surface area contributed by atoms with E-state index in [1.807, 2.05) is 13.0 Å². The van der Waals surface area contributed by atoms with Crippen molar-refractivity contribution in [2.24, 2.45) is 4.99 Å². The highest BCUT2D eigenvalue weighted by Gasteiger charge is 2.09. The van der Waals surface area contributed by atoms with E-state index in [-0.39, 0.29) is 0 Å². The van der Waals surface area contributed by atoms with E-state index >= 15 is 0 Å². The molecule has 0 spiro atoms. The van der Waals surface area contributed by atoms with Crippen molar-refractivity contribution in [3.63, 3.8) is 0 Å². The van der Waals surface area contributed by atoms with Crippen LogP contribution in [0.15, 0.2) is 23.2 Å². The molecule has 2 rings (SSSR count). The summed E-state index contributed by atoms with van der Waals surface area (Å²) < 4.78 is 0. The highest BCUT2D eigenvalue weighted by atomic mass is 35.5. The van der Waals surface area contributed by atoms with Crippen molar-refractivity contribution in [1.29, 1.82) is 0 Å². The minimum Gasteiger partial charge on any atom is -0.356 e. The van der Waals surface area contributed by atoms with Gasteiger partial charge in [0.15, 0.2) is 5.96 Å². The molecule has 1 aliphatic rings. The van der Waals surface area contributed by atoms with Crippen molar-refractivity contribution in [2.45, 2.75) is 19.8 Å². The molecule has 0 saturated heterocycles. The molecular formula is C14H20ClN3. The van der Waals surface area contributed by atoms with Gasteiger partial charge in [-0.15, -0.1) is 0 Å². The zero-order chi connectivity index (χ0) is 13.0. The lowest BCUT2D eigenvalue weighted by Crippen LogP contribution is -2.42. The summed E-state index contributed by atoms with van der Waals surface area (Å²) in [5.74, 6) is 1.02. The number of hydrogen-bond donors (Lipinski definition) is 1. The van der Waals surface area contributed by atoms with E-state index in [4.69, 9.17) is 11.6 Å². The van der Waals surface area contributed by atoms with Crippen LogP contribution in [0.4, 0.5) is 0 Å². The molecule has 0 aliphatic carbocycles. The van der Waals surface area contributed by atoms with Gasteiger partial charge in [0.25, 0.3) is 0 Å². The second-order valence-corrected chi connectivity index (χ2v) is 5.15. The quantitative estimate of drug-likeness (QED) is 0.909. The fourth-order valence-electron chi connectivity index (χ4n) is 2.09. The van der Waals surface area contributed by atoms with Crippen LogP contribution in [0.5, 0.6) is 0 Å². The average Bonchev–Trinajstić information content (AvgIpc) is 2.36. The van der Waals surface area contributed by atoms with Gasteiger partial charge in [-0.3, -0.25) is 4.99 Å². The Labute approximate surface area is 114 Å². The molecule has 1 N–H and O–H groups in total. The second kappa shape index (κ2) is 6.10. The monoisotopic (exact) mass is 265 g/mol. The number of halogens is 1. The van der Waals surface area contributed by atoms with Gasteiger partial charge in [-0.25, -0.2) is 0 Å². The van der Waals surface area contributed by atoms with E-state index in [1.165, 1.54) is 5.56 Å². The smallest absolute Gasteiger partial charge is 0.193 e. The lowest BCUT2D eigenvalue weighted by atomic mass is 10.1.